The van der Waals surface area contributed by atoms with Crippen LogP contribution in [0.2, 0.25) is 0 Å². The topological polar surface area (TPSA) is 110 Å². The van der Waals surface area contributed by atoms with Crippen molar-refractivity contribution in [2.75, 3.05) is 24.2 Å². The van der Waals surface area contributed by atoms with Gasteiger partial charge in [0, 0.05) is 30.6 Å². The van der Waals surface area contributed by atoms with E-state index in [0.29, 0.717) is 34.0 Å². The first-order valence-electron chi connectivity index (χ1n) is 9.51. The summed E-state index contributed by atoms with van der Waals surface area (Å²) in [6, 6.07) is 10.0. The fourth-order valence-electron chi connectivity index (χ4n) is 3.34. The number of fused-ring (bicyclic) bond motifs is 1. The SMILES string of the molecule is CC(=O)NC[C@H]1CN(c2ccc(C(=O)c3cnc4ccc(S(C)=O)cn34)cc2)C(=O)O1. The molecule has 0 saturated carbocycles. The van der Waals surface area contributed by atoms with Gasteiger partial charge in [-0.05, 0) is 36.4 Å². The van der Waals surface area contributed by atoms with Crippen LogP contribution in [0.3, 0.4) is 0 Å². The van der Waals surface area contributed by atoms with E-state index in [1.165, 1.54) is 18.0 Å². The molecule has 0 spiro atoms. The van der Waals surface area contributed by atoms with Crippen molar-refractivity contribution in [2.24, 2.45) is 0 Å². The number of hydrogen-bond acceptors (Lipinski definition) is 6. The summed E-state index contributed by atoms with van der Waals surface area (Å²) in [6.07, 6.45) is 3.77. The Morgan fingerprint density at radius 2 is 1.97 bits per heavy atom. The van der Waals surface area contributed by atoms with Gasteiger partial charge in [-0.25, -0.2) is 9.78 Å². The molecule has 1 aliphatic rings. The Morgan fingerprint density at radius 3 is 2.65 bits per heavy atom. The Hall–Kier alpha value is -3.53. The zero-order chi connectivity index (χ0) is 22.1. The van der Waals surface area contributed by atoms with E-state index in [1.54, 1.807) is 53.3 Å². The van der Waals surface area contributed by atoms with E-state index in [2.05, 4.69) is 10.3 Å². The number of cyclic esters (lactones) is 1. The van der Waals surface area contributed by atoms with Crippen LogP contribution in [-0.4, -0.2) is 56.8 Å². The second kappa shape index (κ2) is 8.31. The molecule has 1 saturated heterocycles. The fraction of sp³-hybridized carbons (Fsp3) is 0.238. The Labute approximate surface area is 180 Å². The highest BCUT2D eigenvalue weighted by molar-refractivity contribution is 7.84. The minimum atomic E-state index is -1.18. The lowest BCUT2D eigenvalue weighted by molar-refractivity contribution is -0.119. The number of amides is 2. The van der Waals surface area contributed by atoms with Gasteiger partial charge in [-0.1, -0.05) is 0 Å². The van der Waals surface area contributed by atoms with Gasteiger partial charge in [-0.2, -0.15) is 0 Å². The molecule has 2 aromatic heterocycles. The molecule has 3 heterocycles. The number of rotatable bonds is 6. The Bertz CT molecular complexity index is 1200. The summed E-state index contributed by atoms with van der Waals surface area (Å²) < 4.78 is 18.7. The van der Waals surface area contributed by atoms with Crippen molar-refractivity contribution in [2.45, 2.75) is 17.9 Å². The van der Waals surface area contributed by atoms with E-state index in [0.717, 1.165) is 0 Å². The summed E-state index contributed by atoms with van der Waals surface area (Å²) in [5, 5.41) is 2.63. The Morgan fingerprint density at radius 1 is 1.23 bits per heavy atom. The normalized spacial score (nSPS) is 16.9. The van der Waals surface area contributed by atoms with E-state index in [4.69, 9.17) is 4.74 Å². The molecule has 160 valence electrons. The molecule has 2 atom stereocenters. The number of aromatic nitrogens is 2. The van der Waals surface area contributed by atoms with E-state index in [1.807, 2.05) is 0 Å². The molecule has 0 aliphatic carbocycles. The van der Waals surface area contributed by atoms with Crippen LogP contribution in [0.5, 0.6) is 0 Å². The smallest absolute Gasteiger partial charge is 0.414 e. The zero-order valence-electron chi connectivity index (χ0n) is 16.9. The third-order valence-corrected chi connectivity index (χ3v) is 5.84. The van der Waals surface area contributed by atoms with Gasteiger partial charge >= 0.3 is 6.09 Å². The highest BCUT2D eigenvalue weighted by atomic mass is 32.2. The second-order valence-electron chi connectivity index (χ2n) is 7.12. The molecular weight excluding hydrogens is 420 g/mol. The fourth-order valence-corrected chi connectivity index (χ4v) is 3.85. The highest BCUT2D eigenvalue weighted by Crippen LogP contribution is 2.23. The van der Waals surface area contributed by atoms with Crippen LogP contribution >= 0.6 is 0 Å². The van der Waals surface area contributed by atoms with Crippen LogP contribution in [0.15, 0.2) is 53.7 Å². The lowest BCUT2D eigenvalue weighted by Gasteiger charge is -2.13. The average molecular weight is 440 g/mol. The van der Waals surface area contributed by atoms with Crippen LogP contribution in [0.4, 0.5) is 10.5 Å². The molecule has 1 unspecified atom stereocenters. The van der Waals surface area contributed by atoms with Crippen LogP contribution < -0.4 is 10.2 Å². The summed E-state index contributed by atoms with van der Waals surface area (Å²) in [7, 11) is -1.18. The van der Waals surface area contributed by atoms with E-state index < -0.39 is 23.0 Å². The first kappa shape index (κ1) is 20.7. The van der Waals surface area contributed by atoms with Gasteiger partial charge in [-0.15, -0.1) is 0 Å². The van der Waals surface area contributed by atoms with Crippen molar-refractivity contribution in [1.29, 1.82) is 0 Å². The number of pyridine rings is 1. The number of ether oxygens (including phenoxy) is 1. The van der Waals surface area contributed by atoms with Gasteiger partial charge in [-0.3, -0.25) is 23.1 Å². The van der Waals surface area contributed by atoms with Crippen LogP contribution in [0.25, 0.3) is 5.65 Å². The molecule has 1 N–H and O–H groups in total. The number of nitrogens with one attached hydrogen (secondary N) is 1. The van der Waals surface area contributed by atoms with Gasteiger partial charge in [0.15, 0.2) is 0 Å². The number of nitrogens with zero attached hydrogens (tertiary/aromatic N) is 3. The molecule has 31 heavy (non-hydrogen) atoms. The molecule has 10 heteroatoms. The van der Waals surface area contributed by atoms with Gasteiger partial charge in [0.25, 0.3) is 0 Å². The molecule has 3 aromatic rings. The van der Waals surface area contributed by atoms with Gasteiger partial charge in [0.1, 0.15) is 17.4 Å². The van der Waals surface area contributed by atoms with Crippen molar-refractivity contribution >= 4 is 39.9 Å². The van der Waals surface area contributed by atoms with Crippen LogP contribution in [-0.2, 0) is 20.3 Å². The predicted molar refractivity (Wildman–Crippen MR) is 114 cm³/mol. The van der Waals surface area contributed by atoms with Crippen molar-refractivity contribution < 1.29 is 23.3 Å². The summed E-state index contributed by atoms with van der Waals surface area (Å²) >= 11 is 0. The Balaban J connectivity index is 1.53. The number of ketones is 1. The van der Waals surface area contributed by atoms with Crippen molar-refractivity contribution in [1.82, 2.24) is 14.7 Å². The molecule has 1 aliphatic heterocycles. The lowest BCUT2D eigenvalue weighted by atomic mass is 10.1. The summed E-state index contributed by atoms with van der Waals surface area (Å²) in [5.74, 6) is -0.437. The maximum Gasteiger partial charge on any atom is 0.414 e. The van der Waals surface area contributed by atoms with Gasteiger partial charge < -0.3 is 10.1 Å². The predicted octanol–water partition coefficient (Wildman–Crippen LogP) is 1.76. The van der Waals surface area contributed by atoms with E-state index in [9.17, 15) is 18.6 Å². The molecular formula is C21H20N4O5S. The second-order valence-corrected chi connectivity index (χ2v) is 8.50. The molecule has 4 rings (SSSR count). The first-order chi connectivity index (χ1) is 14.8. The minimum Gasteiger partial charge on any atom is -0.442 e. The van der Waals surface area contributed by atoms with Gasteiger partial charge in [0.2, 0.25) is 11.7 Å². The lowest BCUT2D eigenvalue weighted by Crippen LogP contribution is -2.33. The summed E-state index contributed by atoms with van der Waals surface area (Å²) in [5.41, 5.74) is 1.95. The van der Waals surface area contributed by atoms with Crippen molar-refractivity contribution in [3.8, 4) is 0 Å². The number of anilines is 1. The third kappa shape index (κ3) is 4.19. The molecule has 1 fully saturated rings. The van der Waals surface area contributed by atoms with Crippen LogP contribution in [0, 0.1) is 0 Å². The third-order valence-electron chi connectivity index (χ3n) is 4.94. The Kier molecular flexibility index (Phi) is 5.55. The van der Waals surface area contributed by atoms with Crippen molar-refractivity contribution in [3.63, 3.8) is 0 Å². The monoisotopic (exact) mass is 440 g/mol. The molecule has 9 nitrogen and oxygen atoms in total. The molecule has 0 radical (unpaired) electrons. The largest absolute Gasteiger partial charge is 0.442 e. The van der Waals surface area contributed by atoms with Crippen LogP contribution in [0.1, 0.15) is 23.0 Å². The molecule has 1 aromatic carbocycles. The quantitative estimate of drug-likeness (QED) is 0.585. The summed E-state index contributed by atoms with van der Waals surface area (Å²) in [6.45, 7) is 1.94. The van der Waals surface area contributed by atoms with E-state index in [-0.39, 0.29) is 18.2 Å². The zero-order valence-corrected chi connectivity index (χ0v) is 17.7. The average Bonchev–Trinajstić information content (AvgIpc) is 3.34. The van der Waals surface area contributed by atoms with E-state index >= 15 is 0 Å². The van der Waals surface area contributed by atoms with Crippen molar-refractivity contribution in [3.05, 3.63) is 60.0 Å². The number of benzene rings is 1. The molecule has 0 bridgehead atoms. The molecule has 2 amide bonds. The number of carbonyl (C=O) groups is 3. The standard InChI is InChI=1S/C21H20N4O5S/c1-13(26)22-9-16-11-24(21(28)30-16)15-5-3-14(4-6-15)20(27)18-10-23-19-8-7-17(31(2)29)12-25(18)19/h3-8,10,12,16H,9,11H2,1-2H3,(H,22,26)/t16-,31?/m0/s1. The highest BCUT2D eigenvalue weighted by Gasteiger charge is 2.32. The maximum atomic E-state index is 13.0. The number of carbonyl (C=O) groups excluding carboxylic acids is 3. The first-order valence-corrected chi connectivity index (χ1v) is 11.1. The number of hydrogen-bond donors (Lipinski definition) is 1. The minimum absolute atomic E-state index is 0.193. The summed E-state index contributed by atoms with van der Waals surface area (Å²) in [4.78, 5) is 42.5. The maximum absolute atomic E-state index is 13.0. The van der Waals surface area contributed by atoms with Gasteiger partial charge in [0.05, 0.1) is 35.0 Å². The number of imidazole rings is 1.